The monoisotopic (exact) mass is 321 g/mol. The fourth-order valence-electron chi connectivity index (χ4n) is 1.81. The number of thiazole rings is 1. The summed E-state index contributed by atoms with van der Waals surface area (Å²) in [5.74, 6) is 0. The van der Waals surface area contributed by atoms with Gasteiger partial charge in [0, 0.05) is 17.1 Å². The Hall–Kier alpha value is -0.625. The van der Waals surface area contributed by atoms with Crippen molar-refractivity contribution in [1.29, 1.82) is 0 Å². The SMILES string of the molecule is [2H]C([2H])([2H])c1nc(N2C([2H])([2H])C([2H])([2H])OC([2H])([2H])C2([2H])[2H])sc1B1OC(C)(C)C(C)(C)O1. The van der Waals surface area contributed by atoms with Crippen LogP contribution < -0.4 is 9.68 Å². The van der Waals surface area contributed by atoms with E-state index in [1.165, 1.54) is 0 Å². The summed E-state index contributed by atoms with van der Waals surface area (Å²) in [5, 5.41) is -0.591. The van der Waals surface area contributed by atoms with Crippen LogP contribution in [-0.2, 0) is 14.0 Å². The zero-order valence-electron chi connectivity index (χ0n) is 23.1. The molecule has 0 bridgehead atoms. The second-order valence-electron chi connectivity index (χ2n) is 5.66. The number of morpholine rings is 1. The molecule has 5 nitrogen and oxygen atoms in total. The topological polar surface area (TPSA) is 43.8 Å². The molecule has 2 fully saturated rings. The maximum Gasteiger partial charge on any atom is 0.507 e. The minimum absolute atomic E-state index is 0.0714. The van der Waals surface area contributed by atoms with Gasteiger partial charge in [0.2, 0.25) is 0 Å². The predicted molar refractivity (Wildman–Crippen MR) is 85.6 cm³/mol. The Morgan fingerprint density at radius 1 is 1.24 bits per heavy atom. The first-order valence-electron chi connectivity index (χ1n) is 11.9. The number of aromatic nitrogens is 1. The maximum absolute atomic E-state index is 8.18. The standard InChI is InChI=1S/C14H23BN2O3S/c1-10-11(15-19-13(2,3)14(4,5)20-15)21-12(16-10)17-6-8-18-9-7-17/h6-9H2,1-5H3/i1D3,6D2,7D2,8D2,9D2. The molecular formula is C14H23BN2O3S. The van der Waals surface area contributed by atoms with Crippen molar-refractivity contribution < 1.29 is 29.1 Å². The number of hydrogen-bond donors (Lipinski definition) is 0. The van der Waals surface area contributed by atoms with E-state index in [1.807, 2.05) is 0 Å². The summed E-state index contributed by atoms with van der Waals surface area (Å²) < 4.78 is 104. The van der Waals surface area contributed by atoms with Crippen molar-refractivity contribution in [1.82, 2.24) is 4.98 Å². The van der Waals surface area contributed by atoms with Gasteiger partial charge in [-0.2, -0.15) is 0 Å². The van der Waals surface area contributed by atoms with E-state index in [-0.39, 0.29) is 9.68 Å². The highest BCUT2D eigenvalue weighted by Gasteiger charge is 2.53. The molecule has 2 saturated heterocycles. The Kier molecular flexibility index (Phi) is 1.71. The summed E-state index contributed by atoms with van der Waals surface area (Å²) in [6, 6.07) is 0. The average Bonchev–Trinajstić information content (AvgIpc) is 3.03. The minimum atomic E-state index is -3.29. The molecule has 2 aliphatic heterocycles. The highest BCUT2D eigenvalue weighted by atomic mass is 32.1. The van der Waals surface area contributed by atoms with E-state index in [0.29, 0.717) is 11.3 Å². The largest absolute Gasteiger partial charge is 0.507 e. The number of anilines is 1. The molecule has 0 atom stereocenters. The maximum atomic E-state index is 8.18. The quantitative estimate of drug-likeness (QED) is 0.774. The fraction of sp³-hybridized carbons (Fsp3) is 0.786. The normalized spacial score (nSPS) is 42.6. The lowest BCUT2D eigenvalue weighted by Crippen LogP contribution is -2.41. The molecule has 21 heavy (non-hydrogen) atoms. The molecular weight excluding hydrogens is 287 g/mol. The third-order valence-corrected chi connectivity index (χ3v) is 4.78. The summed E-state index contributed by atoms with van der Waals surface area (Å²) in [6.07, 6.45) is 0. The average molecular weight is 321 g/mol. The Morgan fingerprint density at radius 3 is 2.43 bits per heavy atom. The first-order valence-corrected chi connectivity index (χ1v) is 7.17. The third kappa shape index (κ3) is 2.72. The smallest absolute Gasteiger partial charge is 0.399 e. The lowest BCUT2D eigenvalue weighted by molar-refractivity contribution is 0.00578. The fourth-order valence-corrected chi connectivity index (χ4v) is 2.66. The van der Waals surface area contributed by atoms with Crippen LogP contribution in [0.25, 0.3) is 0 Å². The van der Waals surface area contributed by atoms with Crippen molar-refractivity contribution in [2.45, 2.75) is 45.7 Å². The molecule has 116 valence electrons. The van der Waals surface area contributed by atoms with Gasteiger partial charge in [0.1, 0.15) is 0 Å². The van der Waals surface area contributed by atoms with Crippen molar-refractivity contribution in [3.8, 4) is 0 Å². The molecule has 3 rings (SSSR count). The molecule has 7 heteroatoms. The summed E-state index contributed by atoms with van der Waals surface area (Å²) in [6.45, 7) is -8.94. The molecule has 0 amide bonds. The van der Waals surface area contributed by atoms with Crippen LogP contribution >= 0.6 is 11.3 Å². The molecule has 0 aromatic carbocycles. The molecule has 3 heterocycles. The van der Waals surface area contributed by atoms with Crippen molar-refractivity contribution >= 4 is 28.4 Å². The number of aryl methyl sites for hydroxylation is 1. The molecule has 1 aromatic rings. The van der Waals surface area contributed by atoms with Gasteiger partial charge in [0.15, 0.2) is 5.13 Å². The molecule has 0 N–H and O–H groups in total. The first kappa shape index (κ1) is 6.87. The van der Waals surface area contributed by atoms with Crippen LogP contribution in [0, 0.1) is 6.85 Å². The van der Waals surface area contributed by atoms with E-state index < -0.39 is 62.1 Å². The van der Waals surface area contributed by atoms with Crippen LogP contribution in [0.4, 0.5) is 5.13 Å². The van der Waals surface area contributed by atoms with E-state index in [1.54, 1.807) is 27.7 Å². The van der Waals surface area contributed by atoms with Gasteiger partial charge < -0.3 is 18.9 Å². The Balaban J connectivity index is 2.21. The third-order valence-electron chi connectivity index (χ3n) is 3.72. The van der Waals surface area contributed by atoms with Gasteiger partial charge >= 0.3 is 7.12 Å². The van der Waals surface area contributed by atoms with E-state index in [2.05, 4.69) is 9.72 Å². The number of rotatable bonds is 2. The van der Waals surface area contributed by atoms with Crippen molar-refractivity contribution in [3.05, 3.63) is 5.69 Å². The van der Waals surface area contributed by atoms with Gasteiger partial charge in [-0.25, -0.2) is 4.98 Å². The second kappa shape index (κ2) is 5.23. The Bertz CT molecular complexity index is 876. The Morgan fingerprint density at radius 2 is 1.86 bits per heavy atom. The van der Waals surface area contributed by atoms with E-state index in [0.717, 1.165) is 0 Å². The van der Waals surface area contributed by atoms with Crippen LogP contribution in [0.15, 0.2) is 0 Å². The highest BCUT2D eigenvalue weighted by molar-refractivity contribution is 7.25. The van der Waals surface area contributed by atoms with Crippen LogP contribution in [-0.4, -0.2) is 49.4 Å². The molecule has 0 unspecified atom stereocenters. The zero-order chi connectivity index (χ0) is 24.9. The van der Waals surface area contributed by atoms with Crippen molar-refractivity contribution in [2.75, 3.05) is 31.0 Å². The Labute approximate surface area is 146 Å². The van der Waals surface area contributed by atoms with Crippen LogP contribution in [0.2, 0.25) is 0 Å². The highest BCUT2D eigenvalue weighted by Crippen LogP contribution is 2.37. The van der Waals surface area contributed by atoms with Crippen molar-refractivity contribution in [2.24, 2.45) is 0 Å². The first-order chi connectivity index (χ1) is 14.0. The summed E-state index contributed by atoms with van der Waals surface area (Å²) >= 11 is 0.534. The summed E-state index contributed by atoms with van der Waals surface area (Å²) in [4.78, 5) is 4.07. The molecule has 0 spiro atoms. The van der Waals surface area contributed by atoms with Gasteiger partial charge in [-0.15, -0.1) is 11.3 Å². The molecule has 0 radical (unpaired) electrons. The number of ether oxygens (including phenoxy) is 1. The second-order valence-corrected chi connectivity index (χ2v) is 6.67. The van der Waals surface area contributed by atoms with E-state index in [4.69, 9.17) is 24.4 Å². The van der Waals surface area contributed by atoms with E-state index >= 15 is 0 Å². The van der Waals surface area contributed by atoms with Gasteiger partial charge in [-0.1, -0.05) is 0 Å². The minimum Gasteiger partial charge on any atom is -0.399 e. The van der Waals surface area contributed by atoms with Gasteiger partial charge in [-0.3, -0.25) is 0 Å². The van der Waals surface area contributed by atoms with Gasteiger partial charge in [0.25, 0.3) is 0 Å². The summed E-state index contributed by atoms with van der Waals surface area (Å²) in [5.41, 5.74) is -2.22. The lowest BCUT2D eigenvalue weighted by atomic mass is 9.86. The molecule has 0 aliphatic carbocycles. The van der Waals surface area contributed by atoms with Gasteiger partial charge in [-0.05, 0) is 34.5 Å². The number of hydrogen-bond acceptors (Lipinski definition) is 6. The summed E-state index contributed by atoms with van der Waals surface area (Å²) in [7, 11) is -1.21. The van der Waals surface area contributed by atoms with E-state index in [9.17, 15) is 0 Å². The molecule has 2 aliphatic rings. The van der Waals surface area contributed by atoms with Crippen LogP contribution in [0.5, 0.6) is 0 Å². The molecule has 0 saturated carbocycles. The molecule has 1 aromatic heterocycles. The van der Waals surface area contributed by atoms with Crippen molar-refractivity contribution in [3.63, 3.8) is 0 Å². The predicted octanol–water partition coefficient (Wildman–Crippen LogP) is 1.59. The lowest BCUT2D eigenvalue weighted by Gasteiger charge is -2.32. The van der Waals surface area contributed by atoms with Gasteiger partial charge in [0.05, 0.1) is 45.8 Å². The number of nitrogens with zero attached hydrogens (tertiary/aromatic N) is 2. The zero-order valence-corrected chi connectivity index (χ0v) is 12.9. The van der Waals surface area contributed by atoms with Crippen LogP contribution in [0.3, 0.4) is 0 Å². The van der Waals surface area contributed by atoms with Crippen LogP contribution in [0.1, 0.15) is 48.5 Å².